The maximum Gasteiger partial charge on any atom is 0.243 e. The van der Waals surface area contributed by atoms with Crippen LogP contribution >= 0.6 is 15.9 Å². The largest absolute Gasteiger partial charge is 0.336 e. The van der Waals surface area contributed by atoms with Crippen LogP contribution in [0.25, 0.3) is 0 Å². The van der Waals surface area contributed by atoms with Gasteiger partial charge in [0.25, 0.3) is 0 Å². The molecular weight excluding hydrogens is 380 g/mol. The maximum absolute atomic E-state index is 13.3. The lowest BCUT2D eigenvalue weighted by molar-refractivity contribution is -0.155. The molecule has 2 unspecified atom stereocenters. The molecule has 4 nitrogen and oxygen atoms in total. The summed E-state index contributed by atoms with van der Waals surface area (Å²) in [5.74, 6) is 1.35. The highest BCUT2D eigenvalue weighted by Crippen LogP contribution is 2.64. The third kappa shape index (κ3) is 3.23. The van der Waals surface area contributed by atoms with Gasteiger partial charge in [-0.2, -0.15) is 0 Å². The highest BCUT2D eigenvalue weighted by molar-refractivity contribution is 9.10. The molecule has 4 saturated carbocycles. The minimum atomic E-state index is -0.255. The van der Waals surface area contributed by atoms with Crippen molar-refractivity contribution < 1.29 is 9.59 Å². The Morgan fingerprint density at radius 2 is 1.80 bits per heavy atom. The number of hydrogen-bond acceptors (Lipinski definition) is 2. The number of nitrogens with one attached hydrogen (secondary N) is 1. The number of anilines is 1. The van der Waals surface area contributed by atoms with Crippen molar-refractivity contribution in [1.82, 2.24) is 4.90 Å². The van der Waals surface area contributed by atoms with Gasteiger partial charge in [0.2, 0.25) is 11.8 Å². The van der Waals surface area contributed by atoms with Gasteiger partial charge in [-0.05, 0) is 62.5 Å². The zero-order chi connectivity index (χ0) is 17.7. The Kier molecular flexibility index (Phi) is 4.18. The molecule has 0 heterocycles. The number of para-hydroxylation sites is 1. The molecule has 4 aliphatic carbocycles. The smallest absolute Gasteiger partial charge is 0.243 e. The molecule has 1 aromatic rings. The minimum Gasteiger partial charge on any atom is -0.336 e. The Labute approximate surface area is 157 Å². The molecule has 0 aromatic heterocycles. The summed E-state index contributed by atoms with van der Waals surface area (Å²) in [6, 6.07) is 9.39. The second-order valence-corrected chi connectivity index (χ2v) is 10.1. The summed E-state index contributed by atoms with van der Waals surface area (Å²) in [5, 5.41) is 2.87. The first-order valence-corrected chi connectivity index (χ1v) is 9.96. The van der Waals surface area contributed by atoms with Crippen LogP contribution in [0.4, 0.5) is 5.69 Å². The van der Waals surface area contributed by atoms with E-state index in [-0.39, 0.29) is 28.1 Å². The zero-order valence-corrected chi connectivity index (χ0v) is 16.2. The van der Waals surface area contributed by atoms with Gasteiger partial charge in [-0.15, -0.1) is 0 Å². The fourth-order valence-corrected chi connectivity index (χ4v) is 7.27. The van der Waals surface area contributed by atoms with Crippen molar-refractivity contribution in [2.75, 3.05) is 18.9 Å². The SMILES string of the molecule is CN(CC(=O)Nc1ccccc1)C(=O)C12CC3CC(CC(Br)(C3)C1)C2. The highest BCUT2D eigenvalue weighted by atomic mass is 79.9. The Bertz CT molecular complexity index is 676. The number of halogens is 1. The van der Waals surface area contributed by atoms with Crippen molar-refractivity contribution >= 4 is 33.4 Å². The first-order valence-electron chi connectivity index (χ1n) is 9.17. The summed E-state index contributed by atoms with van der Waals surface area (Å²) in [6.45, 7) is 0.111. The average molecular weight is 405 g/mol. The molecule has 25 heavy (non-hydrogen) atoms. The Morgan fingerprint density at radius 3 is 2.40 bits per heavy atom. The van der Waals surface area contributed by atoms with E-state index in [1.807, 2.05) is 30.3 Å². The van der Waals surface area contributed by atoms with Crippen LogP contribution in [0.1, 0.15) is 38.5 Å². The van der Waals surface area contributed by atoms with Crippen molar-refractivity contribution in [2.24, 2.45) is 17.3 Å². The molecule has 1 aromatic carbocycles. The van der Waals surface area contributed by atoms with Gasteiger partial charge in [0.1, 0.15) is 0 Å². The van der Waals surface area contributed by atoms with E-state index < -0.39 is 0 Å². The molecule has 134 valence electrons. The summed E-state index contributed by atoms with van der Waals surface area (Å²) in [6.07, 6.45) is 6.62. The molecule has 2 atom stereocenters. The first-order chi connectivity index (χ1) is 11.9. The van der Waals surface area contributed by atoms with Crippen molar-refractivity contribution in [1.29, 1.82) is 0 Å². The summed E-state index contributed by atoms with van der Waals surface area (Å²) < 4.78 is 0.153. The number of rotatable bonds is 4. The number of hydrogen-bond donors (Lipinski definition) is 1. The summed E-state index contributed by atoms with van der Waals surface area (Å²) >= 11 is 3.96. The summed E-state index contributed by atoms with van der Waals surface area (Å²) in [5.41, 5.74) is 0.512. The molecule has 0 aliphatic heterocycles. The van der Waals surface area contributed by atoms with Crippen LogP contribution in [-0.4, -0.2) is 34.6 Å². The maximum atomic E-state index is 13.3. The zero-order valence-electron chi connectivity index (χ0n) is 14.6. The van der Waals surface area contributed by atoms with Crippen LogP contribution in [0.3, 0.4) is 0 Å². The fourth-order valence-electron chi connectivity index (χ4n) is 5.82. The molecule has 0 radical (unpaired) electrons. The van der Waals surface area contributed by atoms with Crippen LogP contribution in [-0.2, 0) is 9.59 Å². The van der Waals surface area contributed by atoms with E-state index in [1.165, 1.54) is 19.3 Å². The topological polar surface area (TPSA) is 49.4 Å². The number of nitrogens with zero attached hydrogens (tertiary/aromatic N) is 1. The Balaban J connectivity index is 1.43. The molecule has 5 rings (SSSR count). The molecule has 4 aliphatic rings. The summed E-state index contributed by atoms with van der Waals surface area (Å²) in [7, 11) is 1.77. The lowest BCUT2D eigenvalue weighted by atomic mass is 9.49. The molecule has 1 N–H and O–H groups in total. The number of benzene rings is 1. The predicted molar refractivity (Wildman–Crippen MR) is 101 cm³/mol. The lowest BCUT2D eigenvalue weighted by Crippen LogP contribution is -2.58. The molecule has 0 spiro atoms. The third-order valence-corrected chi connectivity index (χ3v) is 7.16. The predicted octanol–water partition coefficient (Wildman–Crippen LogP) is 3.82. The number of carbonyl (C=O) groups is 2. The van der Waals surface area contributed by atoms with Gasteiger partial charge in [-0.1, -0.05) is 34.1 Å². The number of alkyl halides is 1. The first kappa shape index (κ1) is 17.1. The van der Waals surface area contributed by atoms with E-state index in [9.17, 15) is 9.59 Å². The van der Waals surface area contributed by atoms with Crippen LogP contribution in [0.5, 0.6) is 0 Å². The van der Waals surface area contributed by atoms with Crippen molar-refractivity contribution in [2.45, 2.75) is 42.8 Å². The normalized spacial score (nSPS) is 35.4. The van der Waals surface area contributed by atoms with E-state index in [0.29, 0.717) is 11.8 Å². The van der Waals surface area contributed by atoms with Crippen molar-refractivity contribution in [3.8, 4) is 0 Å². The van der Waals surface area contributed by atoms with E-state index in [0.717, 1.165) is 24.9 Å². The van der Waals surface area contributed by atoms with Gasteiger partial charge >= 0.3 is 0 Å². The molecule has 5 heteroatoms. The van der Waals surface area contributed by atoms with E-state index in [1.54, 1.807) is 11.9 Å². The molecular formula is C20H25BrN2O2. The van der Waals surface area contributed by atoms with Gasteiger partial charge in [0.15, 0.2) is 0 Å². The van der Waals surface area contributed by atoms with E-state index in [4.69, 9.17) is 0 Å². The van der Waals surface area contributed by atoms with E-state index in [2.05, 4.69) is 21.2 Å². The van der Waals surface area contributed by atoms with E-state index >= 15 is 0 Å². The fraction of sp³-hybridized carbons (Fsp3) is 0.600. The van der Waals surface area contributed by atoms with Crippen molar-refractivity contribution in [3.05, 3.63) is 30.3 Å². The van der Waals surface area contributed by atoms with Gasteiger partial charge in [0, 0.05) is 17.1 Å². The quantitative estimate of drug-likeness (QED) is 0.775. The lowest BCUT2D eigenvalue weighted by Gasteiger charge is -2.59. The molecule has 2 amide bonds. The second-order valence-electron chi connectivity index (χ2n) is 8.47. The van der Waals surface area contributed by atoms with Crippen LogP contribution in [0.2, 0.25) is 0 Å². The van der Waals surface area contributed by atoms with Crippen LogP contribution in [0, 0.1) is 17.3 Å². The summed E-state index contributed by atoms with van der Waals surface area (Å²) in [4.78, 5) is 27.2. The average Bonchev–Trinajstić information content (AvgIpc) is 2.52. The van der Waals surface area contributed by atoms with Crippen molar-refractivity contribution in [3.63, 3.8) is 0 Å². The Hall–Kier alpha value is -1.36. The number of likely N-dealkylation sites (N-methyl/N-ethyl adjacent to an activating group) is 1. The number of amides is 2. The van der Waals surface area contributed by atoms with Gasteiger partial charge in [-0.25, -0.2) is 0 Å². The number of carbonyl (C=O) groups excluding carboxylic acids is 2. The minimum absolute atomic E-state index is 0.111. The van der Waals surface area contributed by atoms with Crippen LogP contribution < -0.4 is 5.32 Å². The van der Waals surface area contributed by atoms with Gasteiger partial charge in [-0.3, -0.25) is 9.59 Å². The Morgan fingerprint density at radius 1 is 1.16 bits per heavy atom. The highest BCUT2D eigenvalue weighted by Gasteiger charge is 2.60. The molecule has 0 saturated heterocycles. The molecule has 4 bridgehead atoms. The monoisotopic (exact) mass is 404 g/mol. The van der Waals surface area contributed by atoms with Gasteiger partial charge in [0.05, 0.1) is 12.0 Å². The molecule has 4 fully saturated rings. The van der Waals surface area contributed by atoms with Crippen LogP contribution in [0.15, 0.2) is 30.3 Å². The van der Waals surface area contributed by atoms with Gasteiger partial charge < -0.3 is 10.2 Å². The third-order valence-electron chi connectivity index (χ3n) is 6.23. The second kappa shape index (κ2) is 6.11. The standard InChI is InChI=1S/C20H25BrN2O2/c1-23(12-17(24)22-16-5-3-2-4-6-16)18(25)19-8-14-7-15(9-19)11-20(21,10-14)13-19/h2-6,14-15H,7-13H2,1H3,(H,22,24).